The van der Waals surface area contributed by atoms with Crippen LogP contribution in [0.3, 0.4) is 0 Å². The average molecular weight is 168 g/mol. The number of benzene rings is 1. The highest BCUT2D eigenvalue weighted by Gasteiger charge is 1.88. The molecule has 0 aliphatic rings. The molecule has 0 radical (unpaired) electrons. The van der Waals surface area contributed by atoms with E-state index in [0.717, 1.165) is 5.69 Å². The van der Waals surface area contributed by atoms with Crippen LogP contribution in [0.5, 0.6) is 0 Å². The van der Waals surface area contributed by atoms with Gasteiger partial charge in [-0.15, -0.1) is 0 Å². The van der Waals surface area contributed by atoms with E-state index in [4.69, 9.17) is 5.73 Å². The molecule has 0 spiro atoms. The third kappa shape index (κ3) is 2.82. The van der Waals surface area contributed by atoms with Gasteiger partial charge in [0.1, 0.15) is 0 Å². The van der Waals surface area contributed by atoms with Crippen LogP contribution >= 0.6 is 11.9 Å². The summed E-state index contributed by atoms with van der Waals surface area (Å²) in [5, 5.41) is 0. The summed E-state index contributed by atoms with van der Waals surface area (Å²) in [5.74, 6) is 0.591. The van der Waals surface area contributed by atoms with E-state index < -0.39 is 0 Å². The first-order valence-corrected chi connectivity index (χ1v) is 4.46. The van der Waals surface area contributed by atoms with E-state index in [1.807, 2.05) is 12.1 Å². The van der Waals surface area contributed by atoms with Crippen molar-refractivity contribution in [1.29, 1.82) is 0 Å². The summed E-state index contributed by atoms with van der Waals surface area (Å²) in [6.07, 6.45) is 0. The number of anilines is 1. The van der Waals surface area contributed by atoms with Gasteiger partial charge in [0.15, 0.2) is 0 Å². The lowest BCUT2D eigenvalue weighted by Crippen LogP contribution is -1.97. The topological polar surface area (TPSA) is 38.0 Å². The van der Waals surface area contributed by atoms with Crippen molar-refractivity contribution in [3.63, 3.8) is 0 Å². The molecular formula is C8H12N2S. The third-order valence-electron chi connectivity index (χ3n) is 1.32. The van der Waals surface area contributed by atoms with Gasteiger partial charge in [0, 0.05) is 5.69 Å². The Morgan fingerprint density at radius 3 is 2.55 bits per heavy atom. The minimum Gasteiger partial charge on any atom is -0.329 e. The van der Waals surface area contributed by atoms with E-state index in [1.54, 1.807) is 0 Å². The minimum atomic E-state index is 0.591. The van der Waals surface area contributed by atoms with E-state index in [2.05, 4.69) is 23.8 Å². The summed E-state index contributed by atoms with van der Waals surface area (Å²) >= 11 is 1.49. The van der Waals surface area contributed by atoms with E-state index in [0.29, 0.717) is 5.88 Å². The molecule has 2 nitrogen and oxygen atoms in total. The van der Waals surface area contributed by atoms with Crippen molar-refractivity contribution in [3.05, 3.63) is 29.8 Å². The van der Waals surface area contributed by atoms with Crippen LogP contribution in [-0.4, -0.2) is 5.88 Å². The molecule has 1 aromatic rings. The predicted molar refractivity (Wildman–Crippen MR) is 51.4 cm³/mol. The lowest BCUT2D eigenvalue weighted by Gasteiger charge is -2.02. The molecule has 60 valence electrons. The van der Waals surface area contributed by atoms with Gasteiger partial charge in [-0.2, -0.15) is 0 Å². The number of hydrogen-bond acceptors (Lipinski definition) is 3. The first-order chi connectivity index (χ1) is 5.33. The summed E-state index contributed by atoms with van der Waals surface area (Å²) in [5.41, 5.74) is 7.68. The fourth-order valence-electron chi connectivity index (χ4n) is 0.747. The zero-order valence-electron chi connectivity index (χ0n) is 6.50. The SMILES string of the molecule is Cc1ccc(NSCN)cc1. The molecule has 0 atom stereocenters. The van der Waals surface area contributed by atoms with Gasteiger partial charge in [-0.25, -0.2) is 0 Å². The van der Waals surface area contributed by atoms with Crippen molar-refractivity contribution in [2.75, 3.05) is 10.6 Å². The van der Waals surface area contributed by atoms with Crippen LogP contribution in [0, 0.1) is 6.92 Å². The van der Waals surface area contributed by atoms with Crippen molar-refractivity contribution in [3.8, 4) is 0 Å². The van der Waals surface area contributed by atoms with Crippen molar-refractivity contribution in [2.24, 2.45) is 5.73 Å². The second-order valence-electron chi connectivity index (χ2n) is 2.28. The predicted octanol–water partition coefficient (Wildman–Crippen LogP) is 1.97. The Labute approximate surface area is 71.3 Å². The number of hydrogen-bond donors (Lipinski definition) is 2. The van der Waals surface area contributed by atoms with Gasteiger partial charge in [0.05, 0.1) is 5.88 Å². The van der Waals surface area contributed by atoms with Crippen LogP contribution in [0.1, 0.15) is 5.56 Å². The van der Waals surface area contributed by atoms with Crippen LogP contribution in [0.15, 0.2) is 24.3 Å². The van der Waals surface area contributed by atoms with E-state index in [9.17, 15) is 0 Å². The average Bonchev–Trinajstić information content (AvgIpc) is 2.04. The van der Waals surface area contributed by atoms with E-state index in [-0.39, 0.29) is 0 Å². The molecule has 0 fully saturated rings. The molecule has 0 aliphatic heterocycles. The van der Waals surface area contributed by atoms with Gasteiger partial charge >= 0.3 is 0 Å². The highest BCUT2D eigenvalue weighted by atomic mass is 32.2. The zero-order chi connectivity index (χ0) is 8.10. The smallest absolute Gasteiger partial charge is 0.0594 e. The van der Waals surface area contributed by atoms with Crippen LogP contribution in [0.4, 0.5) is 5.69 Å². The van der Waals surface area contributed by atoms with Crippen LogP contribution in [0.25, 0.3) is 0 Å². The van der Waals surface area contributed by atoms with Gasteiger partial charge in [-0.05, 0) is 31.0 Å². The van der Waals surface area contributed by atoms with Crippen molar-refractivity contribution in [1.82, 2.24) is 0 Å². The van der Waals surface area contributed by atoms with Crippen molar-refractivity contribution in [2.45, 2.75) is 6.92 Å². The van der Waals surface area contributed by atoms with Crippen LogP contribution < -0.4 is 10.5 Å². The molecule has 0 heterocycles. The largest absolute Gasteiger partial charge is 0.329 e. The lowest BCUT2D eigenvalue weighted by molar-refractivity contribution is 1.40. The van der Waals surface area contributed by atoms with E-state index in [1.165, 1.54) is 17.5 Å². The molecule has 0 saturated heterocycles. The summed E-state index contributed by atoms with van der Waals surface area (Å²) in [4.78, 5) is 0. The normalized spacial score (nSPS) is 9.64. The Bertz CT molecular complexity index is 208. The Morgan fingerprint density at radius 2 is 2.00 bits per heavy atom. The number of nitrogens with two attached hydrogens (primary N) is 1. The molecule has 0 amide bonds. The molecule has 0 unspecified atom stereocenters. The fourth-order valence-corrected chi connectivity index (χ4v) is 1.13. The fraction of sp³-hybridized carbons (Fsp3) is 0.250. The Balaban J connectivity index is 2.52. The molecule has 0 aliphatic carbocycles. The molecule has 1 rings (SSSR count). The highest BCUT2D eigenvalue weighted by Crippen LogP contribution is 2.11. The third-order valence-corrected chi connectivity index (χ3v) is 1.87. The number of rotatable bonds is 3. The Morgan fingerprint density at radius 1 is 1.36 bits per heavy atom. The molecule has 11 heavy (non-hydrogen) atoms. The molecule has 0 bridgehead atoms. The van der Waals surface area contributed by atoms with Gasteiger partial charge in [-0.3, -0.25) is 0 Å². The number of nitrogens with one attached hydrogen (secondary N) is 1. The van der Waals surface area contributed by atoms with Gasteiger partial charge in [0.2, 0.25) is 0 Å². The highest BCUT2D eigenvalue weighted by molar-refractivity contribution is 8.00. The van der Waals surface area contributed by atoms with Crippen LogP contribution in [-0.2, 0) is 0 Å². The Kier molecular flexibility index (Phi) is 3.26. The molecule has 1 aromatic carbocycles. The first kappa shape index (κ1) is 8.43. The Hall–Kier alpha value is -0.670. The first-order valence-electron chi connectivity index (χ1n) is 3.47. The minimum absolute atomic E-state index is 0.591. The lowest BCUT2D eigenvalue weighted by atomic mass is 10.2. The van der Waals surface area contributed by atoms with Gasteiger partial charge < -0.3 is 10.5 Å². The summed E-state index contributed by atoms with van der Waals surface area (Å²) in [6, 6.07) is 8.22. The van der Waals surface area contributed by atoms with Crippen molar-refractivity contribution < 1.29 is 0 Å². The molecule has 0 saturated carbocycles. The molecule has 0 aromatic heterocycles. The number of aryl methyl sites for hydroxylation is 1. The molecule has 3 N–H and O–H groups in total. The standard InChI is InChI=1S/C8H12N2S/c1-7-2-4-8(5-3-7)10-11-6-9/h2-5,10H,6,9H2,1H3. The van der Waals surface area contributed by atoms with Crippen molar-refractivity contribution >= 4 is 17.6 Å². The van der Waals surface area contributed by atoms with E-state index >= 15 is 0 Å². The molecule has 3 heteroatoms. The molecular weight excluding hydrogens is 156 g/mol. The summed E-state index contributed by atoms with van der Waals surface area (Å²) in [7, 11) is 0. The van der Waals surface area contributed by atoms with Gasteiger partial charge in [-0.1, -0.05) is 17.7 Å². The van der Waals surface area contributed by atoms with Crippen LogP contribution in [0.2, 0.25) is 0 Å². The maximum absolute atomic E-state index is 5.31. The zero-order valence-corrected chi connectivity index (χ0v) is 7.32. The monoisotopic (exact) mass is 168 g/mol. The van der Waals surface area contributed by atoms with Gasteiger partial charge in [0.25, 0.3) is 0 Å². The second-order valence-corrected chi connectivity index (χ2v) is 3.11. The summed E-state index contributed by atoms with van der Waals surface area (Å²) in [6.45, 7) is 2.07. The maximum Gasteiger partial charge on any atom is 0.0594 e. The summed E-state index contributed by atoms with van der Waals surface area (Å²) < 4.78 is 3.11. The maximum atomic E-state index is 5.31. The second kappa shape index (κ2) is 4.26. The quantitative estimate of drug-likeness (QED) is 0.535.